The van der Waals surface area contributed by atoms with Crippen molar-refractivity contribution in [3.63, 3.8) is 0 Å². The molecule has 2 rings (SSSR count). The maximum atomic E-state index is 5.67. The Morgan fingerprint density at radius 3 is 2.54 bits per heavy atom. The molecule has 2 aromatic heterocycles. The third-order valence-electron chi connectivity index (χ3n) is 1.81. The number of aromatic nitrogens is 4. The van der Waals surface area contributed by atoms with Crippen LogP contribution >= 0.6 is 11.6 Å². The van der Waals surface area contributed by atoms with Gasteiger partial charge in [0.05, 0.1) is 11.4 Å². The van der Waals surface area contributed by atoms with Gasteiger partial charge < -0.3 is 0 Å². The van der Waals surface area contributed by atoms with Crippen molar-refractivity contribution >= 4 is 22.8 Å². The van der Waals surface area contributed by atoms with Crippen LogP contribution in [-0.4, -0.2) is 20.2 Å². The molecule has 0 saturated heterocycles. The first-order valence-electron chi connectivity index (χ1n) is 3.81. The van der Waals surface area contributed by atoms with Crippen LogP contribution in [0.25, 0.3) is 11.2 Å². The minimum Gasteiger partial charge on any atom is -0.248 e. The van der Waals surface area contributed by atoms with Crippen LogP contribution in [-0.2, 0) is 0 Å². The summed E-state index contributed by atoms with van der Waals surface area (Å²) >= 11 is 5.67. The summed E-state index contributed by atoms with van der Waals surface area (Å²) in [7, 11) is 0. The second-order valence-corrected chi connectivity index (χ2v) is 3.16. The van der Waals surface area contributed by atoms with Crippen LogP contribution in [0.1, 0.15) is 11.4 Å². The van der Waals surface area contributed by atoms with Gasteiger partial charge in [-0.15, -0.1) is 10.2 Å². The third kappa shape index (κ3) is 1.45. The van der Waals surface area contributed by atoms with Crippen LogP contribution in [0.5, 0.6) is 0 Å². The molecule has 0 aliphatic heterocycles. The molecule has 2 aromatic rings. The molecule has 0 aliphatic carbocycles. The molecule has 0 unspecified atom stereocenters. The van der Waals surface area contributed by atoms with Gasteiger partial charge in [-0.1, -0.05) is 11.6 Å². The summed E-state index contributed by atoms with van der Waals surface area (Å²) in [5.74, 6) is 0. The standard InChI is InChI=1S/C8H7ClN4/c1-4-5(2)11-8-6(10-4)3-7(9)12-13-8/h3H,1-2H3. The van der Waals surface area contributed by atoms with Crippen molar-refractivity contribution in [1.29, 1.82) is 0 Å². The fourth-order valence-electron chi connectivity index (χ4n) is 1.02. The summed E-state index contributed by atoms with van der Waals surface area (Å²) in [4.78, 5) is 8.51. The monoisotopic (exact) mass is 194 g/mol. The molecule has 0 spiro atoms. The van der Waals surface area contributed by atoms with E-state index in [0.29, 0.717) is 16.3 Å². The average Bonchev–Trinajstić information content (AvgIpc) is 2.08. The Balaban J connectivity index is 2.81. The Morgan fingerprint density at radius 2 is 1.77 bits per heavy atom. The van der Waals surface area contributed by atoms with E-state index in [4.69, 9.17) is 11.6 Å². The van der Waals surface area contributed by atoms with Gasteiger partial charge in [0.2, 0.25) is 5.65 Å². The minimum absolute atomic E-state index is 0.338. The van der Waals surface area contributed by atoms with E-state index in [2.05, 4.69) is 20.2 Å². The molecule has 0 radical (unpaired) electrons. The van der Waals surface area contributed by atoms with E-state index in [1.165, 1.54) is 0 Å². The third-order valence-corrected chi connectivity index (χ3v) is 2.00. The van der Waals surface area contributed by atoms with Gasteiger partial charge >= 0.3 is 0 Å². The highest BCUT2D eigenvalue weighted by molar-refractivity contribution is 6.29. The molecule has 4 nitrogen and oxygen atoms in total. The zero-order valence-corrected chi connectivity index (χ0v) is 8.00. The molecule has 0 aliphatic rings. The lowest BCUT2D eigenvalue weighted by atomic mass is 10.3. The molecule has 66 valence electrons. The molecule has 0 aromatic carbocycles. The number of rotatable bonds is 0. The lowest BCUT2D eigenvalue weighted by Crippen LogP contribution is -1.96. The summed E-state index contributed by atoms with van der Waals surface area (Å²) < 4.78 is 0. The van der Waals surface area contributed by atoms with Crippen LogP contribution in [0.4, 0.5) is 0 Å². The van der Waals surface area contributed by atoms with Gasteiger partial charge in [0.15, 0.2) is 5.15 Å². The quantitative estimate of drug-likeness (QED) is 0.641. The average molecular weight is 195 g/mol. The van der Waals surface area contributed by atoms with Crippen molar-refractivity contribution in [2.45, 2.75) is 13.8 Å². The summed E-state index contributed by atoms with van der Waals surface area (Å²) in [6, 6.07) is 1.66. The van der Waals surface area contributed by atoms with Crippen molar-refractivity contribution in [1.82, 2.24) is 20.2 Å². The molecule has 0 N–H and O–H groups in total. The van der Waals surface area contributed by atoms with E-state index in [-0.39, 0.29) is 0 Å². The maximum Gasteiger partial charge on any atom is 0.200 e. The van der Waals surface area contributed by atoms with Crippen molar-refractivity contribution in [3.05, 3.63) is 22.6 Å². The first kappa shape index (κ1) is 8.31. The molecular weight excluding hydrogens is 188 g/mol. The molecule has 2 heterocycles. The first-order chi connectivity index (χ1) is 6.16. The van der Waals surface area contributed by atoms with Gasteiger partial charge in [0, 0.05) is 6.07 Å². The predicted molar refractivity (Wildman–Crippen MR) is 49.6 cm³/mol. The summed E-state index contributed by atoms with van der Waals surface area (Å²) in [6.45, 7) is 3.79. The van der Waals surface area contributed by atoms with Gasteiger partial charge in [-0.25, -0.2) is 9.97 Å². The van der Waals surface area contributed by atoms with Crippen LogP contribution in [0, 0.1) is 13.8 Å². The highest BCUT2D eigenvalue weighted by Crippen LogP contribution is 2.12. The Kier molecular flexibility index (Phi) is 1.84. The zero-order chi connectivity index (χ0) is 9.42. The topological polar surface area (TPSA) is 51.6 Å². The molecule has 0 amide bonds. The number of hydrogen-bond acceptors (Lipinski definition) is 4. The van der Waals surface area contributed by atoms with E-state index in [1.807, 2.05) is 13.8 Å². The lowest BCUT2D eigenvalue weighted by Gasteiger charge is -1.99. The predicted octanol–water partition coefficient (Wildman–Crippen LogP) is 1.69. The van der Waals surface area contributed by atoms with Crippen LogP contribution < -0.4 is 0 Å². The molecule has 13 heavy (non-hydrogen) atoms. The molecule has 0 atom stereocenters. The van der Waals surface area contributed by atoms with E-state index in [1.54, 1.807) is 6.07 Å². The number of nitrogens with zero attached hydrogens (tertiary/aromatic N) is 4. The van der Waals surface area contributed by atoms with Gasteiger partial charge in [-0.3, -0.25) is 0 Å². The number of hydrogen-bond donors (Lipinski definition) is 0. The largest absolute Gasteiger partial charge is 0.248 e. The molecule has 0 saturated carbocycles. The van der Waals surface area contributed by atoms with Crippen LogP contribution in [0.2, 0.25) is 5.15 Å². The summed E-state index contributed by atoms with van der Waals surface area (Å²) in [6.07, 6.45) is 0. The Morgan fingerprint density at radius 1 is 1.08 bits per heavy atom. The van der Waals surface area contributed by atoms with Crippen molar-refractivity contribution in [2.75, 3.05) is 0 Å². The fourth-order valence-corrected chi connectivity index (χ4v) is 1.16. The summed E-state index contributed by atoms with van der Waals surface area (Å²) in [5.41, 5.74) is 2.97. The smallest absolute Gasteiger partial charge is 0.200 e. The van der Waals surface area contributed by atoms with Crippen LogP contribution in [0.3, 0.4) is 0 Å². The van der Waals surface area contributed by atoms with Gasteiger partial charge in [0.25, 0.3) is 0 Å². The molecule has 0 fully saturated rings. The number of halogens is 1. The Labute approximate surface area is 80.0 Å². The lowest BCUT2D eigenvalue weighted by molar-refractivity contribution is 1.01. The molecule has 0 bridgehead atoms. The van der Waals surface area contributed by atoms with E-state index < -0.39 is 0 Å². The van der Waals surface area contributed by atoms with Gasteiger partial charge in [-0.2, -0.15) is 0 Å². The minimum atomic E-state index is 0.338. The van der Waals surface area contributed by atoms with Crippen molar-refractivity contribution in [2.24, 2.45) is 0 Å². The van der Waals surface area contributed by atoms with Crippen molar-refractivity contribution in [3.8, 4) is 0 Å². The normalized spacial score (nSPS) is 10.7. The number of aryl methyl sites for hydroxylation is 2. The zero-order valence-electron chi connectivity index (χ0n) is 7.24. The van der Waals surface area contributed by atoms with Crippen LogP contribution in [0.15, 0.2) is 6.07 Å². The second kappa shape index (κ2) is 2.88. The molecule has 5 heteroatoms. The summed E-state index contributed by atoms with van der Waals surface area (Å²) in [5, 5.41) is 7.86. The second-order valence-electron chi connectivity index (χ2n) is 2.77. The first-order valence-corrected chi connectivity index (χ1v) is 4.19. The van der Waals surface area contributed by atoms with E-state index in [0.717, 1.165) is 11.4 Å². The highest BCUT2D eigenvalue weighted by atomic mass is 35.5. The van der Waals surface area contributed by atoms with Gasteiger partial charge in [0.1, 0.15) is 5.52 Å². The fraction of sp³-hybridized carbons (Fsp3) is 0.250. The van der Waals surface area contributed by atoms with E-state index >= 15 is 0 Å². The number of fused-ring (bicyclic) bond motifs is 1. The Bertz CT molecular complexity index is 469. The van der Waals surface area contributed by atoms with E-state index in [9.17, 15) is 0 Å². The highest BCUT2D eigenvalue weighted by Gasteiger charge is 2.03. The Hall–Kier alpha value is -1.29. The van der Waals surface area contributed by atoms with Gasteiger partial charge in [-0.05, 0) is 13.8 Å². The maximum absolute atomic E-state index is 5.67. The SMILES string of the molecule is Cc1nc2cc(Cl)nnc2nc1C. The van der Waals surface area contributed by atoms with Crippen molar-refractivity contribution < 1.29 is 0 Å². The molecular formula is C8H7ClN4.